The summed E-state index contributed by atoms with van der Waals surface area (Å²) in [6.07, 6.45) is 4.81. The van der Waals surface area contributed by atoms with Crippen molar-refractivity contribution in [3.63, 3.8) is 0 Å². The lowest BCUT2D eigenvalue weighted by Gasteiger charge is -2.39. The monoisotopic (exact) mass is 440 g/mol. The van der Waals surface area contributed by atoms with Gasteiger partial charge in [-0.15, -0.1) is 0 Å². The molecule has 1 N–H and O–H groups in total. The molecule has 1 aliphatic heterocycles. The zero-order valence-corrected chi connectivity index (χ0v) is 18.3. The van der Waals surface area contributed by atoms with Crippen LogP contribution in [0.5, 0.6) is 0 Å². The Labute approximate surface area is 169 Å². The lowest BCUT2D eigenvalue weighted by Crippen LogP contribution is -2.41. The van der Waals surface area contributed by atoms with Gasteiger partial charge in [-0.25, -0.2) is 4.79 Å². The molecular weight excluding hydrogens is 412 g/mol. The highest BCUT2D eigenvalue weighted by molar-refractivity contribution is 9.10. The molecule has 1 amide bonds. The summed E-state index contributed by atoms with van der Waals surface area (Å²) in [6.45, 7) is 9.45. The predicted octanol–water partition coefficient (Wildman–Crippen LogP) is 4.49. The van der Waals surface area contributed by atoms with Crippen LogP contribution in [0.2, 0.25) is 0 Å². The average molecular weight is 441 g/mol. The first-order valence-corrected chi connectivity index (χ1v) is 10.2. The quantitative estimate of drug-likeness (QED) is 0.486. The molecule has 0 saturated heterocycles. The summed E-state index contributed by atoms with van der Waals surface area (Å²) >= 11 is 3.40. The first-order chi connectivity index (χ1) is 12.5. The van der Waals surface area contributed by atoms with E-state index in [0.717, 1.165) is 24.0 Å². The molecule has 0 spiro atoms. The van der Waals surface area contributed by atoms with E-state index in [1.165, 1.54) is 11.9 Å². The van der Waals surface area contributed by atoms with E-state index in [-0.39, 0.29) is 16.0 Å². The zero-order chi connectivity index (χ0) is 20.4. The molecule has 1 heterocycles. The van der Waals surface area contributed by atoms with Gasteiger partial charge in [0.15, 0.2) is 17.4 Å². The van der Waals surface area contributed by atoms with E-state index in [0.29, 0.717) is 31.2 Å². The van der Waals surface area contributed by atoms with E-state index in [9.17, 15) is 14.7 Å². The number of carboxylic acid groups (broad SMARTS) is 1. The predicted molar refractivity (Wildman–Crippen MR) is 108 cm³/mol. The van der Waals surface area contributed by atoms with Gasteiger partial charge in [0, 0.05) is 31.8 Å². The maximum atomic E-state index is 12.2. The smallest absolute Gasteiger partial charge is 0.412 e. The second-order valence-electron chi connectivity index (χ2n) is 8.16. The van der Waals surface area contributed by atoms with Crippen molar-refractivity contribution < 1.29 is 19.4 Å². The summed E-state index contributed by atoms with van der Waals surface area (Å²) in [7, 11) is 1.52. The highest BCUT2D eigenvalue weighted by Gasteiger charge is 2.36. The molecule has 150 valence electrons. The van der Waals surface area contributed by atoms with E-state index in [2.05, 4.69) is 43.6 Å². The van der Waals surface area contributed by atoms with Crippen LogP contribution in [0.25, 0.3) is 0 Å². The number of hydrogen-bond donors (Lipinski definition) is 1. The minimum absolute atomic E-state index is 0.0754. The van der Waals surface area contributed by atoms with E-state index in [1.807, 2.05) is 17.2 Å². The molecule has 2 rings (SSSR count). The Morgan fingerprint density at radius 3 is 2.67 bits per heavy atom. The van der Waals surface area contributed by atoms with Crippen molar-refractivity contribution in [2.75, 3.05) is 20.2 Å². The fraction of sp³-hybridized carbons (Fsp3) is 0.600. The van der Waals surface area contributed by atoms with Crippen LogP contribution in [-0.2, 0) is 9.53 Å². The molecule has 1 aliphatic carbocycles. The average Bonchev–Trinajstić information content (AvgIpc) is 2.54. The molecule has 1 unspecified atom stereocenters. The highest BCUT2D eigenvalue weighted by atomic mass is 79.9. The van der Waals surface area contributed by atoms with Gasteiger partial charge >= 0.3 is 6.09 Å². The number of amides is 1. The topological polar surface area (TPSA) is 70.1 Å². The van der Waals surface area contributed by atoms with Gasteiger partial charge in [0.1, 0.15) is 0 Å². The number of hydrogen-bond acceptors (Lipinski definition) is 4. The maximum absolute atomic E-state index is 12.2. The van der Waals surface area contributed by atoms with Crippen LogP contribution in [0.15, 0.2) is 35.0 Å². The van der Waals surface area contributed by atoms with Gasteiger partial charge in [0.05, 0.1) is 11.4 Å². The number of unbranched alkanes of at least 4 members (excludes halogenated alkanes) is 1. The number of ether oxygens (including phenoxy) is 1. The SMILES string of the molecule is CCCCOC1=C(N(C)C(=O)O)N(CC(C)(C)C)C=C2CC(=O)C(Br)C=C21. The van der Waals surface area contributed by atoms with Crippen LogP contribution in [0, 0.1) is 5.41 Å². The lowest BCUT2D eigenvalue weighted by molar-refractivity contribution is -0.117. The molecule has 0 bridgehead atoms. The second-order valence-corrected chi connectivity index (χ2v) is 9.15. The largest absolute Gasteiger partial charge is 0.489 e. The molecule has 0 saturated carbocycles. The van der Waals surface area contributed by atoms with E-state index in [1.54, 1.807) is 0 Å². The van der Waals surface area contributed by atoms with Gasteiger partial charge < -0.3 is 14.7 Å². The molecule has 0 aromatic rings. The number of allylic oxidation sites excluding steroid dienone is 2. The lowest BCUT2D eigenvalue weighted by atomic mass is 9.88. The Balaban J connectivity index is 2.60. The van der Waals surface area contributed by atoms with Gasteiger partial charge in [-0.2, -0.15) is 0 Å². The third kappa shape index (κ3) is 5.15. The van der Waals surface area contributed by atoms with Crippen LogP contribution in [0.4, 0.5) is 4.79 Å². The van der Waals surface area contributed by atoms with Crippen molar-refractivity contribution in [2.24, 2.45) is 5.41 Å². The van der Waals surface area contributed by atoms with E-state index in [4.69, 9.17) is 4.74 Å². The number of alkyl halides is 1. The van der Waals surface area contributed by atoms with Crippen molar-refractivity contribution in [2.45, 2.75) is 51.8 Å². The first-order valence-electron chi connectivity index (χ1n) is 9.25. The Kier molecular flexibility index (Phi) is 6.78. The second kappa shape index (κ2) is 8.50. The van der Waals surface area contributed by atoms with Crippen molar-refractivity contribution >= 4 is 27.8 Å². The minimum atomic E-state index is -1.06. The number of halogens is 1. The number of ketones is 1. The van der Waals surface area contributed by atoms with Crippen LogP contribution in [-0.4, -0.2) is 51.8 Å². The summed E-state index contributed by atoms with van der Waals surface area (Å²) in [4.78, 5) is 26.7. The molecular formula is C20H29BrN2O4. The van der Waals surface area contributed by atoms with Gasteiger partial charge in [-0.05, 0) is 17.4 Å². The summed E-state index contributed by atoms with van der Waals surface area (Å²) < 4.78 is 6.10. The third-order valence-corrected chi connectivity index (χ3v) is 5.13. The molecule has 27 heavy (non-hydrogen) atoms. The zero-order valence-electron chi connectivity index (χ0n) is 16.7. The Morgan fingerprint density at radius 1 is 1.44 bits per heavy atom. The van der Waals surface area contributed by atoms with Crippen molar-refractivity contribution in [3.05, 3.63) is 35.0 Å². The van der Waals surface area contributed by atoms with Crippen LogP contribution in [0.1, 0.15) is 47.0 Å². The van der Waals surface area contributed by atoms with Crippen LogP contribution in [0.3, 0.4) is 0 Å². The fourth-order valence-electron chi connectivity index (χ4n) is 3.09. The first kappa shape index (κ1) is 21.5. The molecule has 0 aromatic heterocycles. The van der Waals surface area contributed by atoms with Crippen molar-refractivity contribution in [1.82, 2.24) is 9.80 Å². The fourth-order valence-corrected chi connectivity index (χ4v) is 3.52. The highest BCUT2D eigenvalue weighted by Crippen LogP contribution is 2.39. The third-order valence-electron chi connectivity index (χ3n) is 4.36. The number of fused-ring (bicyclic) bond motifs is 1. The van der Waals surface area contributed by atoms with Gasteiger partial charge in [-0.3, -0.25) is 9.69 Å². The minimum Gasteiger partial charge on any atom is -0.489 e. The van der Waals surface area contributed by atoms with E-state index < -0.39 is 6.09 Å². The summed E-state index contributed by atoms with van der Waals surface area (Å²) in [6, 6.07) is 0. The van der Waals surface area contributed by atoms with Gasteiger partial charge in [-0.1, -0.05) is 56.1 Å². The normalized spacial score (nSPS) is 20.1. The number of Topliss-reactive ketones (excluding diaryl/α,β-unsaturated/α-hetero) is 1. The van der Waals surface area contributed by atoms with Crippen molar-refractivity contribution in [3.8, 4) is 0 Å². The van der Waals surface area contributed by atoms with E-state index >= 15 is 0 Å². The van der Waals surface area contributed by atoms with Crippen LogP contribution >= 0.6 is 15.9 Å². The molecule has 0 aromatic carbocycles. The summed E-state index contributed by atoms with van der Waals surface area (Å²) in [5.74, 6) is 1.12. The number of carbonyl (C=O) groups excluding carboxylic acids is 1. The molecule has 2 aliphatic rings. The Hall–Kier alpha value is -1.76. The molecule has 6 nitrogen and oxygen atoms in total. The number of rotatable bonds is 6. The standard InChI is InChI=1S/C20H29BrN2O4/c1-6-7-8-27-17-14-10-15(21)16(24)9-13(14)11-23(12-20(2,3)4)18(17)22(5)19(25)26/h10-11,15H,6-9,12H2,1-5H3,(H,25,26). The Bertz CT molecular complexity index is 703. The maximum Gasteiger partial charge on any atom is 0.412 e. The molecule has 0 fully saturated rings. The van der Waals surface area contributed by atoms with Gasteiger partial charge in [0.25, 0.3) is 0 Å². The van der Waals surface area contributed by atoms with Crippen molar-refractivity contribution in [1.29, 1.82) is 0 Å². The molecule has 1 atom stereocenters. The Morgan fingerprint density at radius 2 is 2.11 bits per heavy atom. The molecule has 7 heteroatoms. The van der Waals surface area contributed by atoms with Gasteiger partial charge in [0.2, 0.25) is 0 Å². The van der Waals surface area contributed by atoms with Crippen LogP contribution < -0.4 is 0 Å². The number of nitrogens with zero attached hydrogens (tertiary/aromatic N) is 2. The summed E-state index contributed by atoms with van der Waals surface area (Å²) in [5.41, 5.74) is 1.60. The number of carbonyl (C=O) groups is 2. The molecule has 0 radical (unpaired) electrons. The summed E-state index contributed by atoms with van der Waals surface area (Å²) in [5, 5.41) is 9.64.